The summed E-state index contributed by atoms with van der Waals surface area (Å²) in [5.74, 6) is -103. The molecule has 1 saturated carbocycles. The lowest BCUT2D eigenvalue weighted by atomic mass is 9.80. The summed E-state index contributed by atoms with van der Waals surface area (Å²) in [6.07, 6.45) is -27.1. The predicted molar refractivity (Wildman–Crippen MR) is 132 cm³/mol. The molecule has 1 aliphatic carbocycles. The van der Waals surface area contributed by atoms with E-state index >= 15 is 0 Å². The Kier molecular flexibility index (Phi) is 13.9. The molecule has 61 heavy (non-hydrogen) atoms. The smallest absolute Gasteiger partial charge is 0.460 e. The first-order valence-corrected chi connectivity index (χ1v) is 14.9. The summed E-state index contributed by atoms with van der Waals surface area (Å²) in [7, 11) is 0. The molecule has 0 aromatic carbocycles. The fraction of sp³-hybridized carbons (Fsp3) is 0.920. The zero-order valence-corrected chi connectivity index (χ0v) is 28.2. The largest absolute Gasteiger partial charge is 0.465 e. The van der Waals surface area contributed by atoms with Crippen LogP contribution in [0.4, 0.5) is 141 Å². The van der Waals surface area contributed by atoms with Gasteiger partial charge in [-0.15, -0.1) is 0 Å². The summed E-state index contributed by atoms with van der Waals surface area (Å²) in [5, 5.41) is 18.6. The molecular formula is C25H18F30N2O4. The number of amides is 2. The number of carbonyl (C=O) groups is 2. The van der Waals surface area contributed by atoms with Gasteiger partial charge in [-0.3, -0.25) is 9.80 Å². The highest BCUT2D eigenvalue weighted by Gasteiger charge is 2.95. The van der Waals surface area contributed by atoms with Crippen LogP contribution in [0.5, 0.6) is 0 Å². The number of halogens is 30. The fourth-order valence-electron chi connectivity index (χ4n) is 5.30. The van der Waals surface area contributed by atoms with E-state index in [0.717, 1.165) is 0 Å². The van der Waals surface area contributed by atoms with Crippen LogP contribution in [0, 0.1) is 5.92 Å². The van der Waals surface area contributed by atoms with Crippen LogP contribution in [0.2, 0.25) is 0 Å². The lowest BCUT2D eigenvalue weighted by Gasteiger charge is -2.46. The lowest BCUT2D eigenvalue weighted by molar-refractivity contribution is -0.452. The molecule has 0 heterocycles. The second kappa shape index (κ2) is 15.3. The molecule has 2 amide bonds. The predicted octanol–water partition coefficient (Wildman–Crippen LogP) is 11.3. The number of nitrogens with zero attached hydrogens (tertiary/aromatic N) is 2. The van der Waals surface area contributed by atoms with Gasteiger partial charge in [0.05, 0.1) is 13.1 Å². The molecule has 2 N–H and O–H groups in total. The van der Waals surface area contributed by atoms with Crippen molar-refractivity contribution < 1.29 is 152 Å². The normalized spacial score (nSPS) is 20.7. The van der Waals surface area contributed by atoms with Crippen molar-refractivity contribution in [3.05, 3.63) is 0 Å². The number of alkyl halides is 30. The molecule has 0 aliphatic heterocycles. The Balaban J connectivity index is 3.74. The van der Waals surface area contributed by atoms with E-state index in [1.165, 1.54) is 0 Å². The second-order valence-electron chi connectivity index (χ2n) is 13.0. The molecule has 0 aromatic rings. The zero-order valence-electron chi connectivity index (χ0n) is 28.2. The van der Waals surface area contributed by atoms with Crippen molar-refractivity contribution >= 4 is 12.2 Å². The molecule has 0 spiro atoms. The van der Waals surface area contributed by atoms with Gasteiger partial charge in [0.25, 0.3) is 0 Å². The second-order valence-corrected chi connectivity index (χ2v) is 13.0. The van der Waals surface area contributed by atoms with Crippen LogP contribution in [0.3, 0.4) is 0 Å². The Hall–Kier alpha value is -3.56. The maximum absolute atomic E-state index is 14.7. The van der Waals surface area contributed by atoms with Crippen molar-refractivity contribution in [1.82, 2.24) is 9.80 Å². The number of carboxylic acid groups (broad SMARTS) is 2. The molecule has 6 nitrogen and oxygen atoms in total. The Morgan fingerprint density at radius 1 is 0.410 bits per heavy atom. The molecule has 36 heteroatoms. The molecule has 362 valence electrons. The first-order chi connectivity index (χ1) is 26.2. The van der Waals surface area contributed by atoms with Crippen LogP contribution in [0.1, 0.15) is 26.2 Å². The summed E-state index contributed by atoms with van der Waals surface area (Å²) in [6, 6.07) is -5.89. The first kappa shape index (κ1) is 55.5. The maximum atomic E-state index is 14.7. The fourth-order valence-corrected chi connectivity index (χ4v) is 5.30. The minimum Gasteiger partial charge on any atom is -0.465 e. The minimum absolute atomic E-state index is 0.517. The van der Waals surface area contributed by atoms with Gasteiger partial charge in [0.2, 0.25) is 0 Å². The zero-order chi connectivity index (χ0) is 49.6. The van der Waals surface area contributed by atoms with Crippen LogP contribution in [-0.2, 0) is 0 Å². The third-order valence-corrected chi connectivity index (χ3v) is 8.98. The highest BCUT2D eigenvalue weighted by Crippen LogP contribution is 2.64. The molecule has 3 unspecified atom stereocenters. The maximum Gasteiger partial charge on any atom is 0.460 e. The molecule has 0 aromatic heterocycles. The SMILES string of the molecule is CC1CCC(N(CC(F)(F)C(F)(F)C(F)(F)C(F)(F)C(F)(F)C(F)(F)C(F)(F)F)C(=O)O)CC1N(CC(F)(F)C(F)(F)C(F)(F)C(F)(F)C(F)(F)C(F)(F)C(F)(F)F)C(=O)O. The van der Waals surface area contributed by atoms with Crippen molar-refractivity contribution in [3.63, 3.8) is 0 Å². The molecule has 0 saturated heterocycles. The van der Waals surface area contributed by atoms with Gasteiger partial charge in [-0.05, 0) is 25.2 Å². The average molecular weight is 980 g/mol. The summed E-state index contributed by atoms with van der Waals surface area (Å²) in [4.78, 5) is 20.6. The van der Waals surface area contributed by atoms with Gasteiger partial charge < -0.3 is 10.2 Å². The molecule has 1 fully saturated rings. The van der Waals surface area contributed by atoms with E-state index in [1.807, 2.05) is 0 Å². The summed E-state index contributed by atoms with van der Waals surface area (Å²) in [5.41, 5.74) is 0. The summed E-state index contributed by atoms with van der Waals surface area (Å²) >= 11 is 0. The Morgan fingerprint density at radius 2 is 0.656 bits per heavy atom. The van der Waals surface area contributed by atoms with Gasteiger partial charge in [0.15, 0.2) is 0 Å². The van der Waals surface area contributed by atoms with Crippen molar-refractivity contribution in [2.75, 3.05) is 13.1 Å². The van der Waals surface area contributed by atoms with Gasteiger partial charge in [-0.1, -0.05) is 6.92 Å². The summed E-state index contributed by atoms with van der Waals surface area (Å²) in [6.45, 7) is -7.17. The quantitative estimate of drug-likeness (QED) is 0.151. The Morgan fingerprint density at radius 3 is 0.918 bits per heavy atom. The highest BCUT2D eigenvalue weighted by molar-refractivity contribution is 5.66. The standard InChI is InChI=1S/C25H18F30N2O4/c1-7-2-3-8(56(10(58)59)5-12(26,27)14(30,31)16(34,35)18(38,39)20(42,43)22(46,47)24(50,51)52)4-9(7)57(11(60)61)6-13(28,29)15(32,33)17(36,37)19(40,41)21(44,45)23(48,49)25(53,54)55/h7-9H,2-6H2,1H3,(H,58,59)(H,60,61). The molecule has 0 bridgehead atoms. The van der Waals surface area contributed by atoms with E-state index in [0.29, 0.717) is 6.92 Å². The molecule has 3 atom stereocenters. The van der Waals surface area contributed by atoms with Crippen LogP contribution < -0.4 is 0 Å². The summed E-state index contributed by atoms with van der Waals surface area (Å²) < 4.78 is 408. The van der Waals surface area contributed by atoms with Crippen molar-refractivity contribution in [2.45, 2.75) is 122 Å². The topological polar surface area (TPSA) is 81.1 Å². The number of hydrogen-bond acceptors (Lipinski definition) is 2. The molecule has 1 rings (SSSR count). The minimum atomic E-state index is -8.88. The van der Waals surface area contributed by atoms with Crippen LogP contribution in [0.15, 0.2) is 0 Å². The molecule has 1 aliphatic rings. The Bertz CT molecular complexity index is 1600. The van der Waals surface area contributed by atoms with Gasteiger partial charge >= 0.3 is 95.6 Å². The van der Waals surface area contributed by atoms with E-state index in [-0.39, 0.29) is 0 Å². The third kappa shape index (κ3) is 8.13. The van der Waals surface area contributed by atoms with Crippen LogP contribution >= 0.6 is 0 Å². The number of rotatable bonds is 16. The van der Waals surface area contributed by atoms with E-state index in [2.05, 4.69) is 0 Å². The van der Waals surface area contributed by atoms with E-state index < -0.39 is 156 Å². The van der Waals surface area contributed by atoms with E-state index in [4.69, 9.17) is 0 Å². The molecule has 0 radical (unpaired) electrons. The van der Waals surface area contributed by atoms with Crippen LogP contribution in [0.25, 0.3) is 0 Å². The molecular weight excluding hydrogens is 962 g/mol. The van der Waals surface area contributed by atoms with Gasteiger partial charge in [0.1, 0.15) is 0 Å². The van der Waals surface area contributed by atoms with Gasteiger partial charge in [0, 0.05) is 12.1 Å². The average Bonchev–Trinajstić information content (AvgIpc) is 3.04. The van der Waals surface area contributed by atoms with Crippen molar-refractivity contribution in [2.24, 2.45) is 5.92 Å². The number of hydrogen-bond donors (Lipinski definition) is 2. The monoisotopic (exact) mass is 980 g/mol. The van der Waals surface area contributed by atoms with Crippen molar-refractivity contribution in [3.8, 4) is 0 Å². The Labute approximate surface area is 315 Å². The van der Waals surface area contributed by atoms with Crippen LogP contribution in [-0.4, -0.2) is 141 Å². The highest BCUT2D eigenvalue weighted by atomic mass is 19.4. The van der Waals surface area contributed by atoms with E-state index in [1.54, 1.807) is 0 Å². The third-order valence-electron chi connectivity index (χ3n) is 8.98. The van der Waals surface area contributed by atoms with Gasteiger partial charge in [-0.2, -0.15) is 132 Å². The van der Waals surface area contributed by atoms with Crippen molar-refractivity contribution in [1.29, 1.82) is 0 Å². The van der Waals surface area contributed by atoms with E-state index in [9.17, 15) is 152 Å². The van der Waals surface area contributed by atoms with Gasteiger partial charge in [-0.25, -0.2) is 9.59 Å². The lowest BCUT2D eigenvalue weighted by Crippen LogP contribution is -2.73. The first-order valence-electron chi connectivity index (χ1n) is 14.9.